The highest BCUT2D eigenvalue weighted by molar-refractivity contribution is 5.93. The Bertz CT molecular complexity index is 677. The second kappa shape index (κ2) is 6.93. The van der Waals surface area contributed by atoms with Crippen molar-refractivity contribution < 1.29 is 22.8 Å². The molecule has 1 rings (SSSR count). The van der Waals surface area contributed by atoms with Crippen LogP contribution in [0.25, 0.3) is 0 Å². The van der Waals surface area contributed by atoms with E-state index in [1.165, 1.54) is 6.92 Å². The van der Waals surface area contributed by atoms with Crippen LogP contribution in [-0.4, -0.2) is 28.5 Å². The predicted octanol–water partition coefficient (Wildman–Crippen LogP) is 1.82. The van der Waals surface area contributed by atoms with E-state index in [1.807, 2.05) is 10.3 Å². The number of anilines is 1. The van der Waals surface area contributed by atoms with Crippen molar-refractivity contribution in [2.75, 3.05) is 5.32 Å². The molecular formula is C14H19F3N4O3. The van der Waals surface area contributed by atoms with E-state index in [1.54, 1.807) is 20.8 Å². The SMILES string of the molecule is C[C@H](NC(=O)Nc1cc(C(F)(F)F)c[nH]c1=O)C(=O)NC(C)(C)C. The number of hydrogen-bond acceptors (Lipinski definition) is 3. The first kappa shape index (κ1) is 19.5. The number of rotatable bonds is 3. The topological polar surface area (TPSA) is 103 Å². The number of halogens is 3. The van der Waals surface area contributed by atoms with Crippen LogP contribution in [0.5, 0.6) is 0 Å². The molecule has 1 aromatic rings. The number of aromatic amines is 1. The summed E-state index contributed by atoms with van der Waals surface area (Å²) in [7, 11) is 0. The summed E-state index contributed by atoms with van der Waals surface area (Å²) in [4.78, 5) is 37.0. The Hall–Kier alpha value is -2.52. The third kappa shape index (κ3) is 5.94. The summed E-state index contributed by atoms with van der Waals surface area (Å²) in [6, 6.07) is -1.41. The monoisotopic (exact) mass is 348 g/mol. The molecule has 1 heterocycles. The zero-order valence-electron chi connectivity index (χ0n) is 13.6. The fourth-order valence-electron chi connectivity index (χ4n) is 1.64. The van der Waals surface area contributed by atoms with Gasteiger partial charge in [-0.1, -0.05) is 0 Å². The van der Waals surface area contributed by atoms with Crippen molar-refractivity contribution >= 4 is 17.6 Å². The normalized spacial score (nSPS) is 13.1. The van der Waals surface area contributed by atoms with Crippen LogP contribution in [0.1, 0.15) is 33.3 Å². The number of carbonyl (C=O) groups is 2. The molecule has 24 heavy (non-hydrogen) atoms. The lowest BCUT2D eigenvalue weighted by Gasteiger charge is -2.23. The van der Waals surface area contributed by atoms with Gasteiger partial charge in [-0.3, -0.25) is 9.59 Å². The van der Waals surface area contributed by atoms with E-state index in [-0.39, 0.29) is 0 Å². The third-order valence-electron chi connectivity index (χ3n) is 2.72. The lowest BCUT2D eigenvalue weighted by Crippen LogP contribution is -2.51. The Morgan fingerprint density at radius 3 is 2.29 bits per heavy atom. The number of urea groups is 1. The molecule has 0 unspecified atom stereocenters. The van der Waals surface area contributed by atoms with Gasteiger partial charge in [0.15, 0.2) is 0 Å². The molecule has 3 amide bonds. The number of H-pyrrole nitrogens is 1. The van der Waals surface area contributed by atoms with Crippen LogP contribution in [-0.2, 0) is 11.0 Å². The molecule has 0 bridgehead atoms. The van der Waals surface area contributed by atoms with E-state index < -0.39 is 46.5 Å². The average Bonchev–Trinajstić information content (AvgIpc) is 2.37. The lowest BCUT2D eigenvalue weighted by atomic mass is 10.1. The Morgan fingerprint density at radius 1 is 1.21 bits per heavy atom. The van der Waals surface area contributed by atoms with Crippen molar-refractivity contribution in [1.82, 2.24) is 15.6 Å². The Morgan fingerprint density at radius 2 is 1.79 bits per heavy atom. The largest absolute Gasteiger partial charge is 0.417 e. The van der Waals surface area contributed by atoms with Crippen molar-refractivity contribution in [3.8, 4) is 0 Å². The number of nitrogens with one attached hydrogen (secondary N) is 4. The maximum Gasteiger partial charge on any atom is 0.417 e. The molecule has 0 aliphatic heterocycles. The molecule has 1 aromatic heterocycles. The second-order valence-electron chi connectivity index (χ2n) is 6.19. The fourth-order valence-corrected chi connectivity index (χ4v) is 1.64. The maximum absolute atomic E-state index is 12.6. The summed E-state index contributed by atoms with van der Waals surface area (Å²) < 4.78 is 37.8. The molecule has 7 nitrogen and oxygen atoms in total. The summed E-state index contributed by atoms with van der Waals surface area (Å²) in [5.74, 6) is -0.476. The number of amides is 3. The van der Waals surface area contributed by atoms with E-state index in [2.05, 4.69) is 10.6 Å². The molecule has 0 aromatic carbocycles. The molecule has 0 saturated carbocycles. The Labute approximate surface area is 136 Å². The fraction of sp³-hybridized carbons (Fsp3) is 0.500. The number of aromatic nitrogens is 1. The van der Waals surface area contributed by atoms with Crippen molar-refractivity contribution in [3.05, 3.63) is 28.2 Å². The molecule has 1 atom stereocenters. The molecule has 0 spiro atoms. The van der Waals surface area contributed by atoms with Crippen molar-refractivity contribution in [3.63, 3.8) is 0 Å². The minimum atomic E-state index is -4.67. The van der Waals surface area contributed by atoms with Gasteiger partial charge < -0.3 is 20.9 Å². The van der Waals surface area contributed by atoms with Crippen molar-refractivity contribution in [1.29, 1.82) is 0 Å². The second-order valence-corrected chi connectivity index (χ2v) is 6.19. The number of alkyl halides is 3. The highest BCUT2D eigenvalue weighted by Crippen LogP contribution is 2.29. The number of hydrogen-bond donors (Lipinski definition) is 4. The summed E-state index contributed by atoms with van der Waals surface area (Å²) >= 11 is 0. The highest BCUT2D eigenvalue weighted by Gasteiger charge is 2.31. The van der Waals surface area contributed by atoms with E-state index in [0.29, 0.717) is 12.3 Å². The van der Waals surface area contributed by atoms with Crippen molar-refractivity contribution in [2.24, 2.45) is 0 Å². The molecular weight excluding hydrogens is 329 g/mol. The zero-order valence-corrected chi connectivity index (χ0v) is 13.6. The molecule has 134 valence electrons. The third-order valence-corrected chi connectivity index (χ3v) is 2.72. The molecule has 10 heteroatoms. The zero-order chi connectivity index (χ0) is 18.7. The smallest absolute Gasteiger partial charge is 0.350 e. The van der Waals surface area contributed by atoms with Gasteiger partial charge in [0.1, 0.15) is 11.7 Å². The van der Waals surface area contributed by atoms with Crippen LogP contribution < -0.4 is 21.5 Å². The number of pyridine rings is 1. The quantitative estimate of drug-likeness (QED) is 0.670. The van der Waals surface area contributed by atoms with Gasteiger partial charge in [-0.05, 0) is 33.8 Å². The van der Waals surface area contributed by atoms with Crippen LogP contribution in [0.2, 0.25) is 0 Å². The molecule has 0 aliphatic rings. The van der Waals surface area contributed by atoms with Crippen LogP contribution in [0.4, 0.5) is 23.7 Å². The van der Waals surface area contributed by atoms with E-state index >= 15 is 0 Å². The van der Waals surface area contributed by atoms with Crippen LogP contribution in [0, 0.1) is 0 Å². The van der Waals surface area contributed by atoms with Gasteiger partial charge in [0.05, 0.1) is 5.56 Å². The first-order valence-electron chi connectivity index (χ1n) is 6.99. The molecule has 0 aliphatic carbocycles. The highest BCUT2D eigenvalue weighted by atomic mass is 19.4. The average molecular weight is 348 g/mol. The van der Waals surface area contributed by atoms with Crippen LogP contribution in [0.3, 0.4) is 0 Å². The first-order valence-corrected chi connectivity index (χ1v) is 6.99. The Balaban J connectivity index is 2.78. The summed E-state index contributed by atoms with van der Waals surface area (Å²) in [5.41, 5.74) is -3.10. The molecule has 0 saturated heterocycles. The van der Waals surface area contributed by atoms with E-state index in [9.17, 15) is 27.6 Å². The van der Waals surface area contributed by atoms with Gasteiger partial charge in [0, 0.05) is 11.7 Å². The Kier molecular flexibility index (Phi) is 5.64. The van der Waals surface area contributed by atoms with Crippen LogP contribution in [0.15, 0.2) is 17.1 Å². The first-order chi connectivity index (χ1) is 10.8. The number of carbonyl (C=O) groups excluding carboxylic acids is 2. The minimum absolute atomic E-state index is 0.476. The molecule has 0 fully saturated rings. The summed E-state index contributed by atoms with van der Waals surface area (Å²) in [6.45, 7) is 6.65. The lowest BCUT2D eigenvalue weighted by molar-refractivity contribution is -0.137. The van der Waals surface area contributed by atoms with Gasteiger partial charge in [-0.15, -0.1) is 0 Å². The van der Waals surface area contributed by atoms with Gasteiger partial charge in [-0.2, -0.15) is 13.2 Å². The standard InChI is InChI=1S/C14H19F3N4O3/c1-7(10(22)21-13(2,3)4)19-12(24)20-9-5-8(14(15,16)17)6-18-11(9)23/h5-7H,1-4H3,(H,18,23)(H,21,22)(H2,19,20,24)/t7-/m0/s1. The maximum atomic E-state index is 12.6. The van der Waals surface area contributed by atoms with Crippen molar-refractivity contribution in [2.45, 2.75) is 45.5 Å². The van der Waals surface area contributed by atoms with Gasteiger partial charge in [0.25, 0.3) is 5.56 Å². The summed E-state index contributed by atoms with van der Waals surface area (Å²) in [5, 5.41) is 6.87. The predicted molar refractivity (Wildman–Crippen MR) is 81.6 cm³/mol. The molecule has 0 radical (unpaired) electrons. The summed E-state index contributed by atoms with van der Waals surface area (Å²) in [6.07, 6.45) is -4.16. The van der Waals surface area contributed by atoms with Gasteiger partial charge >= 0.3 is 12.2 Å². The van der Waals surface area contributed by atoms with E-state index in [0.717, 1.165) is 0 Å². The molecule has 4 N–H and O–H groups in total. The van der Waals surface area contributed by atoms with Gasteiger partial charge in [-0.25, -0.2) is 4.79 Å². The van der Waals surface area contributed by atoms with Gasteiger partial charge in [0.2, 0.25) is 5.91 Å². The van der Waals surface area contributed by atoms with Crippen LogP contribution >= 0.6 is 0 Å². The minimum Gasteiger partial charge on any atom is -0.350 e. The van der Waals surface area contributed by atoms with E-state index in [4.69, 9.17) is 0 Å².